The molecule has 0 aliphatic rings. The molecule has 0 aliphatic carbocycles. The Morgan fingerprint density at radius 1 is 1.33 bits per heavy atom. The van der Waals surface area contributed by atoms with Crippen LogP contribution in [0.15, 0.2) is 45.5 Å². The van der Waals surface area contributed by atoms with E-state index in [0.717, 1.165) is 33.6 Å². The SMILES string of the molecule is CCOC(=O)c1cc(C)n(Cc2cc(Cl)cc3cc(-c4ccsc4)oc23)n1. The van der Waals surface area contributed by atoms with Crippen molar-refractivity contribution >= 4 is 39.9 Å². The van der Waals surface area contributed by atoms with E-state index >= 15 is 0 Å². The Bertz CT molecular complexity index is 1110. The number of halogens is 1. The number of furan rings is 1. The van der Waals surface area contributed by atoms with Gasteiger partial charge in [-0.25, -0.2) is 4.79 Å². The third-order valence-electron chi connectivity index (χ3n) is 4.25. The Balaban J connectivity index is 1.73. The van der Waals surface area contributed by atoms with E-state index < -0.39 is 5.97 Å². The van der Waals surface area contributed by atoms with Crippen molar-refractivity contribution in [3.8, 4) is 11.3 Å². The zero-order valence-corrected chi connectivity index (χ0v) is 16.4. The van der Waals surface area contributed by atoms with E-state index in [0.29, 0.717) is 23.9 Å². The summed E-state index contributed by atoms with van der Waals surface area (Å²) in [7, 11) is 0. The molecular weight excluding hydrogens is 384 g/mol. The summed E-state index contributed by atoms with van der Waals surface area (Å²) >= 11 is 7.94. The number of thiophene rings is 1. The molecule has 0 saturated heterocycles. The number of benzene rings is 1. The molecule has 0 unspecified atom stereocenters. The summed E-state index contributed by atoms with van der Waals surface area (Å²) in [5.41, 5.74) is 3.87. The number of aryl methyl sites for hydroxylation is 1. The molecule has 0 aliphatic heterocycles. The van der Waals surface area contributed by atoms with Gasteiger partial charge in [-0.3, -0.25) is 4.68 Å². The third-order valence-corrected chi connectivity index (χ3v) is 5.15. The molecule has 4 aromatic rings. The molecule has 0 spiro atoms. The molecule has 27 heavy (non-hydrogen) atoms. The first kappa shape index (κ1) is 17.8. The van der Waals surface area contributed by atoms with Crippen molar-refractivity contribution in [2.75, 3.05) is 6.61 Å². The second-order valence-corrected chi connectivity index (χ2v) is 7.37. The smallest absolute Gasteiger partial charge is 0.358 e. The molecule has 0 bridgehead atoms. The molecule has 0 saturated carbocycles. The zero-order chi connectivity index (χ0) is 19.0. The normalized spacial score (nSPS) is 11.2. The van der Waals surface area contributed by atoms with Crippen molar-refractivity contribution in [1.82, 2.24) is 9.78 Å². The van der Waals surface area contributed by atoms with E-state index in [-0.39, 0.29) is 0 Å². The van der Waals surface area contributed by atoms with Gasteiger partial charge in [0.2, 0.25) is 0 Å². The number of carbonyl (C=O) groups excluding carboxylic acids is 1. The van der Waals surface area contributed by atoms with E-state index in [2.05, 4.69) is 5.10 Å². The van der Waals surface area contributed by atoms with Crippen molar-refractivity contribution in [3.63, 3.8) is 0 Å². The monoisotopic (exact) mass is 400 g/mol. The Hall–Kier alpha value is -2.57. The highest BCUT2D eigenvalue weighted by Crippen LogP contribution is 2.33. The molecule has 5 nitrogen and oxygen atoms in total. The van der Waals surface area contributed by atoms with Gasteiger partial charge >= 0.3 is 5.97 Å². The molecule has 0 radical (unpaired) electrons. The van der Waals surface area contributed by atoms with Crippen molar-refractivity contribution in [1.29, 1.82) is 0 Å². The van der Waals surface area contributed by atoms with Crippen LogP contribution in [-0.2, 0) is 11.3 Å². The number of hydrogen-bond acceptors (Lipinski definition) is 5. The first-order valence-corrected chi connectivity index (χ1v) is 9.83. The van der Waals surface area contributed by atoms with E-state index in [4.69, 9.17) is 20.8 Å². The molecular formula is C20H17ClN2O3S. The lowest BCUT2D eigenvalue weighted by atomic mass is 10.1. The van der Waals surface area contributed by atoms with Crippen LogP contribution in [0, 0.1) is 6.92 Å². The molecule has 0 atom stereocenters. The minimum absolute atomic E-state index is 0.297. The van der Waals surface area contributed by atoms with E-state index in [1.54, 1.807) is 29.0 Å². The van der Waals surface area contributed by atoms with Crippen LogP contribution < -0.4 is 0 Å². The number of carbonyl (C=O) groups is 1. The summed E-state index contributed by atoms with van der Waals surface area (Å²) in [6.45, 7) is 4.43. The van der Waals surface area contributed by atoms with Gasteiger partial charge in [-0.2, -0.15) is 16.4 Å². The Labute approximate surface area is 165 Å². The standard InChI is InChI=1S/C20H17ClN2O3S/c1-3-25-20(24)17-6-12(2)23(22-17)10-15-8-16(21)7-14-9-18(26-19(14)15)13-4-5-27-11-13/h4-9,11H,3,10H2,1-2H3. The molecule has 4 rings (SSSR count). The molecule has 3 aromatic heterocycles. The van der Waals surface area contributed by atoms with E-state index in [1.807, 2.05) is 41.9 Å². The van der Waals surface area contributed by atoms with Crippen molar-refractivity contribution in [2.24, 2.45) is 0 Å². The lowest BCUT2D eigenvalue weighted by Crippen LogP contribution is -2.08. The number of fused-ring (bicyclic) bond motifs is 1. The number of aromatic nitrogens is 2. The second-order valence-electron chi connectivity index (χ2n) is 6.16. The Morgan fingerprint density at radius 3 is 2.93 bits per heavy atom. The summed E-state index contributed by atoms with van der Waals surface area (Å²) in [5.74, 6) is 0.382. The van der Waals surface area contributed by atoms with Gasteiger partial charge in [0.25, 0.3) is 0 Å². The minimum Gasteiger partial charge on any atom is -0.461 e. The lowest BCUT2D eigenvalue weighted by molar-refractivity contribution is 0.0518. The second kappa shape index (κ2) is 7.21. The average Bonchev–Trinajstić information content (AvgIpc) is 3.35. The average molecular weight is 401 g/mol. The quantitative estimate of drug-likeness (QED) is 0.412. The molecule has 0 fully saturated rings. The summed E-state index contributed by atoms with van der Waals surface area (Å²) in [5, 5.41) is 10.0. The molecule has 0 amide bonds. The number of ether oxygens (including phenoxy) is 1. The molecule has 0 N–H and O–H groups in total. The van der Waals surface area contributed by atoms with Gasteiger partial charge in [0, 0.05) is 32.6 Å². The zero-order valence-electron chi connectivity index (χ0n) is 14.9. The van der Waals surface area contributed by atoms with Crippen LogP contribution in [0.1, 0.15) is 28.7 Å². The summed E-state index contributed by atoms with van der Waals surface area (Å²) in [6, 6.07) is 9.49. The van der Waals surface area contributed by atoms with Gasteiger partial charge in [0.15, 0.2) is 5.69 Å². The van der Waals surface area contributed by atoms with Gasteiger partial charge in [0.05, 0.1) is 13.2 Å². The van der Waals surface area contributed by atoms with Crippen molar-refractivity contribution in [2.45, 2.75) is 20.4 Å². The third kappa shape index (κ3) is 3.50. The minimum atomic E-state index is -0.423. The number of esters is 1. The first-order valence-electron chi connectivity index (χ1n) is 8.51. The van der Waals surface area contributed by atoms with Gasteiger partial charge in [-0.05, 0) is 49.6 Å². The van der Waals surface area contributed by atoms with E-state index in [9.17, 15) is 4.79 Å². The fourth-order valence-electron chi connectivity index (χ4n) is 2.99. The summed E-state index contributed by atoms with van der Waals surface area (Å²) in [6.07, 6.45) is 0. The predicted molar refractivity (Wildman–Crippen MR) is 107 cm³/mol. The summed E-state index contributed by atoms with van der Waals surface area (Å²) < 4.78 is 12.9. The van der Waals surface area contributed by atoms with Crippen LogP contribution in [0.5, 0.6) is 0 Å². The lowest BCUT2D eigenvalue weighted by Gasteiger charge is -2.06. The molecule has 138 valence electrons. The van der Waals surface area contributed by atoms with Crippen LogP contribution in [0.4, 0.5) is 0 Å². The number of hydrogen-bond donors (Lipinski definition) is 0. The Kier molecular flexibility index (Phi) is 4.76. The maximum absolute atomic E-state index is 11.9. The largest absolute Gasteiger partial charge is 0.461 e. The summed E-state index contributed by atoms with van der Waals surface area (Å²) in [4.78, 5) is 11.9. The van der Waals surface area contributed by atoms with Crippen LogP contribution in [-0.4, -0.2) is 22.4 Å². The van der Waals surface area contributed by atoms with Gasteiger partial charge in [-0.15, -0.1) is 0 Å². The van der Waals surface area contributed by atoms with Gasteiger partial charge in [0.1, 0.15) is 11.3 Å². The maximum Gasteiger partial charge on any atom is 0.358 e. The molecule has 1 aromatic carbocycles. The number of nitrogens with zero attached hydrogens (tertiary/aromatic N) is 2. The molecule has 7 heteroatoms. The first-order chi connectivity index (χ1) is 13.0. The van der Waals surface area contributed by atoms with Crippen molar-refractivity contribution < 1.29 is 13.9 Å². The highest BCUT2D eigenvalue weighted by Gasteiger charge is 2.16. The van der Waals surface area contributed by atoms with Crippen LogP contribution in [0.25, 0.3) is 22.3 Å². The van der Waals surface area contributed by atoms with Crippen LogP contribution >= 0.6 is 22.9 Å². The fraction of sp³-hybridized carbons (Fsp3) is 0.200. The van der Waals surface area contributed by atoms with E-state index in [1.165, 1.54) is 0 Å². The van der Waals surface area contributed by atoms with Crippen molar-refractivity contribution in [3.05, 3.63) is 63.1 Å². The van der Waals surface area contributed by atoms with Gasteiger partial charge < -0.3 is 9.15 Å². The topological polar surface area (TPSA) is 57.3 Å². The van der Waals surface area contributed by atoms with Gasteiger partial charge in [-0.1, -0.05) is 11.6 Å². The van der Waals surface area contributed by atoms with Crippen LogP contribution in [0.3, 0.4) is 0 Å². The predicted octanol–water partition coefficient (Wildman–Crippen LogP) is 5.54. The molecule has 3 heterocycles. The maximum atomic E-state index is 11.9. The number of rotatable bonds is 5. The van der Waals surface area contributed by atoms with Crippen LogP contribution in [0.2, 0.25) is 5.02 Å². The Morgan fingerprint density at radius 2 is 2.19 bits per heavy atom. The highest BCUT2D eigenvalue weighted by molar-refractivity contribution is 7.08. The highest BCUT2D eigenvalue weighted by atomic mass is 35.5. The fourth-order valence-corrected chi connectivity index (χ4v) is 3.88.